The first kappa shape index (κ1) is 16.2. The number of esters is 1. The van der Waals surface area contributed by atoms with Crippen molar-refractivity contribution in [3.8, 4) is 0 Å². The van der Waals surface area contributed by atoms with E-state index in [2.05, 4.69) is 12.1 Å². The molecule has 1 aromatic rings. The molecule has 0 amide bonds. The van der Waals surface area contributed by atoms with Crippen molar-refractivity contribution in [3.63, 3.8) is 0 Å². The number of hydrogen-bond acceptors (Lipinski definition) is 4. The zero-order valence-electron chi connectivity index (χ0n) is 12.0. The number of oxime groups is 1. The number of ether oxygens (including phenoxy) is 1. The molecule has 0 radical (unpaired) electrons. The minimum atomic E-state index is -0.514. The molecule has 0 unspecified atom stereocenters. The summed E-state index contributed by atoms with van der Waals surface area (Å²) >= 11 is 0. The fourth-order valence-electron chi connectivity index (χ4n) is 1.88. The first-order chi connectivity index (χ1) is 9.77. The van der Waals surface area contributed by atoms with E-state index in [4.69, 9.17) is 9.94 Å². The number of aryl methyl sites for hydroxylation is 1. The molecule has 0 aliphatic rings. The molecule has 0 aliphatic heterocycles. The van der Waals surface area contributed by atoms with Gasteiger partial charge in [0, 0.05) is 6.42 Å². The molecule has 0 fully saturated rings. The summed E-state index contributed by atoms with van der Waals surface area (Å²) in [5, 5.41) is 12.0. The average Bonchev–Trinajstić information content (AvgIpc) is 2.48. The van der Waals surface area contributed by atoms with Crippen molar-refractivity contribution in [2.75, 3.05) is 6.61 Å². The fraction of sp³-hybridized carbons (Fsp3) is 0.500. The highest BCUT2D eigenvalue weighted by Gasteiger charge is 2.13. The van der Waals surface area contributed by atoms with Crippen LogP contribution >= 0.6 is 0 Å². The monoisotopic (exact) mass is 277 g/mol. The van der Waals surface area contributed by atoms with Crippen LogP contribution in [0.5, 0.6) is 0 Å². The lowest BCUT2D eigenvalue weighted by atomic mass is 10.1. The van der Waals surface area contributed by atoms with Gasteiger partial charge in [0.05, 0.1) is 6.61 Å². The molecule has 1 rings (SSSR count). The number of benzene rings is 1. The fourth-order valence-corrected chi connectivity index (χ4v) is 1.88. The van der Waals surface area contributed by atoms with Crippen molar-refractivity contribution in [2.24, 2.45) is 5.16 Å². The Morgan fingerprint density at radius 1 is 1.20 bits per heavy atom. The molecule has 0 aliphatic carbocycles. The Labute approximate surface area is 120 Å². The van der Waals surface area contributed by atoms with Crippen LogP contribution in [-0.2, 0) is 16.0 Å². The highest BCUT2D eigenvalue weighted by Crippen LogP contribution is 2.05. The van der Waals surface area contributed by atoms with Crippen LogP contribution in [-0.4, -0.2) is 23.5 Å². The predicted molar refractivity (Wildman–Crippen MR) is 79.1 cm³/mol. The second-order valence-corrected chi connectivity index (χ2v) is 4.73. The first-order valence-electron chi connectivity index (χ1n) is 7.20. The van der Waals surface area contributed by atoms with Gasteiger partial charge < -0.3 is 9.94 Å². The van der Waals surface area contributed by atoms with Crippen LogP contribution in [0.3, 0.4) is 0 Å². The summed E-state index contributed by atoms with van der Waals surface area (Å²) in [6.07, 6.45) is 5.25. The van der Waals surface area contributed by atoms with Crippen molar-refractivity contribution >= 4 is 11.7 Å². The molecular weight excluding hydrogens is 254 g/mol. The van der Waals surface area contributed by atoms with Crippen molar-refractivity contribution in [3.05, 3.63) is 35.9 Å². The van der Waals surface area contributed by atoms with Gasteiger partial charge in [-0.2, -0.15) is 0 Å². The summed E-state index contributed by atoms with van der Waals surface area (Å²) in [5.74, 6) is -0.514. The standard InChI is InChI=1S/C16H23NO3/c1-2-3-4-8-13-20-16(18)15(17-19)12-11-14-9-6-5-7-10-14/h5-7,9-10,19H,2-4,8,11-13H2,1H3. The summed E-state index contributed by atoms with van der Waals surface area (Å²) < 4.78 is 5.10. The Hall–Kier alpha value is -1.84. The van der Waals surface area contributed by atoms with Crippen molar-refractivity contribution in [1.82, 2.24) is 0 Å². The van der Waals surface area contributed by atoms with Gasteiger partial charge in [-0.3, -0.25) is 0 Å². The Morgan fingerprint density at radius 2 is 1.95 bits per heavy atom. The van der Waals surface area contributed by atoms with Crippen molar-refractivity contribution in [1.29, 1.82) is 0 Å². The number of carbonyl (C=O) groups excluding carboxylic acids is 1. The number of rotatable bonds is 9. The van der Waals surface area contributed by atoms with E-state index in [1.807, 2.05) is 30.3 Å². The van der Waals surface area contributed by atoms with Crippen LogP contribution < -0.4 is 0 Å². The number of nitrogens with zero attached hydrogens (tertiary/aromatic N) is 1. The molecule has 110 valence electrons. The minimum absolute atomic E-state index is 0.0874. The maximum atomic E-state index is 11.7. The van der Waals surface area contributed by atoms with Gasteiger partial charge in [0.1, 0.15) is 0 Å². The van der Waals surface area contributed by atoms with E-state index in [-0.39, 0.29) is 5.71 Å². The van der Waals surface area contributed by atoms with E-state index in [0.717, 1.165) is 31.2 Å². The first-order valence-corrected chi connectivity index (χ1v) is 7.20. The normalized spacial score (nSPS) is 11.3. The topological polar surface area (TPSA) is 58.9 Å². The molecule has 4 nitrogen and oxygen atoms in total. The van der Waals surface area contributed by atoms with E-state index < -0.39 is 5.97 Å². The molecule has 0 heterocycles. The molecule has 0 atom stereocenters. The van der Waals surface area contributed by atoms with Gasteiger partial charge in [-0.15, -0.1) is 0 Å². The Balaban J connectivity index is 2.29. The minimum Gasteiger partial charge on any atom is -0.461 e. The summed E-state index contributed by atoms with van der Waals surface area (Å²) in [5.41, 5.74) is 1.19. The van der Waals surface area contributed by atoms with E-state index >= 15 is 0 Å². The molecule has 0 saturated carbocycles. The van der Waals surface area contributed by atoms with E-state index in [0.29, 0.717) is 19.4 Å². The van der Waals surface area contributed by atoms with Crippen molar-refractivity contribution < 1.29 is 14.7 Å². The maximum Gasteiger partial charge on any atom is 0.356 e. The summed E-state index contributed by atoms with van der Waals surface area (Å²) in [7, 11) is 0. The Kier molecular flexibility index (Phi) is 8.11. The van der Waals surface area contributed by atoms with Gasteiger partial charge in [0.25, 0.3) is 0 Å². The van der Waals surface area contributed by atoms with Gasteiger partial charge in [-0.1, -0.05) is 61.7 Å². The maximum absolute atomic E-state index is 11.7. The van der Waals surface area contributed by atoms with Crippen LogP contribution in [0.1, 0.15) is 44.6 Å². The average molecular weight is 277 g/mol. The smallest absolute Gasteiger partial charge is 0.356 e. The zero-order chi connectivity index (χ0) is 14.6. The lowest BCUT2D eigenvalue weighted by Gasteiger charge is -2.06. The summed E-state index contributed by atoms with van der Waals surface area (Å²) in [6, 6.07) is 9.78. The lowest BCUT2D eigenvalue weighted by Crippen LogP contribution is -2.19. The predicted octanol–water partition coefficient (Wildman–Crippen LogP) is 3.57. The Morgan fingerprint density at radius 3 is 2.60 bits per heavy atom. The quantitative estimate of drug-likeness (QED) is 0.247. The van der Waals surface area contributed by atoms with Crippen LogP contribution in [0.15, 0.2) is 35.5 Å². The van der Waals surface area contributed by atoms with Crippen LogP contribution in [0, 0.1) is 0 Å². The molecule has 1 N–H and O–H groups in total. The number of unbranched alkanes of at least 4 members (excludes halogenated alkanes) is 3. The third-order valence-electron chi connectivity index (χ3n) is 3.08. The summed E-state index contributed by atoms with van der Waals surface area (Å²) in [6.45, 7) is 2.52. The second-order valence-electron chi connectivity index (χ2n) is 4.73. The molecule has 0 saturated heterocycles. The highest BCUT2D eigenvalue weighted by molar-refractivity contribution is 6.36. The van der Waals surface area contributed by atoms with Gasteiger partial charge >= 0.3 is 5.97 Å². The number of hydrogen-bond donors (Lipinski definition) is 1. The van der Waals surface area contributed by atoms with Gasteiger partial charge in [-0.25, -0.2) is 4.79 Å². The van der Waals surface area contributed by atoms with Gasteiger partial charge in [0.15, 0.2) is 5.71 Å². The SMILES string of the molecule is CCCCCCOC(=O)C(CCc1ccccc1)=NO. The molecule has 0 spiro atoms. The third-order valence-corrected chi connectivity index (χ3v) is 3.08. The zero-order valence-corrected chi connectivity index (χ0v) is 12.0. The Bertz CT molecular complexity index is 415. The van der Waals surface area contributed by atoms with E-state index in [1.165, 1.54) is 0 Å². The second kappa shape index (κ2) is 10.0. The van der Waals surface area contributed by atoms with Crippen LogP contribution in [0.4, 0.5) is 0 Å². The van der Waals surface area contributed by atoms with E-state index in [1.54, 1.807) is 0 Å². The number of carbonyl (C=O) groups is 1. The molecule has 0 bridgehead atoms. The lowest BCUT2D eigenvalue weighted by molar-refractivity contribution is -0.136. The van der Waals surface area contributed by atoms with Crippen LogP contribution in [0.2, 0.25) is 0 Å². The van der Waals surface area contributed by atoms with Crippen molar-refractivity contribution in [2.45, 2.75) is 45.4 Å². The summed E-state index contributed by atoms with van der Waals surface area (Å²) in [4.78, 5) is 11.7. The molecule has 20 heavy (non-hydrogen) atoms. The molecule has 4 heteroatoms. The molecule has 0 aromatic heterocycles. The molecule has 1 aromatic carbocycles. The van der Waals surface area contributed by atoms with Gasteiger partial charge in [0.2, 0.25) is 0 Å². The van der Waals surface area contributed by atoms with E-state index in [9.17, 15) is 4.79 Å². The third kappa shape index (κ3) is 6.36. The largest absolute Gasteiger partial charge is 0.461 e. The van der Waals surface area contributed by atoms with Crippen LogP contribution in [0.25, 0.3) is 0 Å². The molecular formula is C16H23NO3. The highest BCUT2D eigenvalue weighted by atomic mass is 16.5. The van der Waals surface area contributed by atoms with Gasteiger partial charge in [-0.05, 0) is 18.4 Å².